The Labute approximate surface area is 87.2 Å². The van der Waals surface area contributed by atoms with Crippen LogP contribution in [0.25, 0.3) is 0 Å². The van der Waals surface area contributed by atoms with Crippen LogP contribution in [0.4, 0.5) is 4.79 Å². The second kappa shape index (κ2) is 3.38. The van der Waals surface area contributed by atoms with Crippen LogP contribution in [0.5, 0.6) is 0 Å². The number of urea groups is 1. The number of nitrogens with one attached hydrogen (secondary N) is 1. The molecule has 15 heavy (non-hydrogen) atoms. The molecule has 0 radical (unpaired) electrons. The van der Waals surface area contributed by atoms with Crippen LogP contribution in [0.15, 0.2) is 17.5 Å². The SMILES string of the molecule is CC(C)n1cncc1C1NC(=O)N=C1N. The topological polar surface area (TPSA) is 85.3 Å². The van der Waals surface area contributed by atoms with E-state index in [1.807, 2.05) is 18.4 Å². The maximum Gasteiger partial charge on any atom is 0.343 e. The van der Waals surface area contributed by atoms with Crippen molar-refractivity contribution in [2.75, 3.05) is 0 Å². The predicted octanol–water partition coefficient (Wildman–Crippen LogP) is 0.586. The fraction of sp³-hybridized carbons (Fsp3) is 0.444. The zero-order valence-corrected chi connectivity index (χ0v) is 8.64. The summed E-state index contributed by atoms with van der Waals surface area (Å²) in [6.45, 7) is 4.07. The molecule has 0 saturated heterocycles. The van der Waals surface area contributed by atoms with Crippen LogP contribution in [0, 0.1) is 0 Å². The third kappa shape index (κ3) is 1.58. The minimum Gasteiger partial charge on any atom is -0.385 e. The van der Waals surface area contributed by atoms with E-state index in [2.05, 4.69) is 15.3 Å². The van der Waals surface area contributed by atoms with Gasteiger partial charge in [0, 0.05) is 6.04 Å². The van der Waals surface area contributed by atoms with Crippen molar-refractivity contribution in [2.45, 2.75) is 25.9 Å². The molecule has 1 aromatic rings. The molecule has 2 amide bonds. The number of carbonyl (C=O) groups is 1. The minimum absolute atomic E-state index is 0.271. The van der Waals surface area contributed by atoms with Gasteiger partial charge in [0.15, 0.2) is 0 Å². The molecule has 1 unspecified atom stereocenters. The second-order valence-electron chi connectivity index (χ2n) is 3.74. The average molecular weight is 207 g/mol. The molecule has 0 spiro atoms. The highest BCUT2D eigenvalue weighted by Crippen LogP contribution is 2.20. The van der Waals surface area contributed by atoms with Crippen LogP contribution in [0.1, 0.15) is 31.6 Å². The number of imidazole rings is 1. The van der Waals surface area contributed by atoms with Gasteiger partial charge in [-0.05, 0) is 13.8 Å². The fourth-order valence-corrected chi connectivity index (χ4v) is 1.61. The zero-order chi connectivity index (χ0) is 11.0. The number of nitrogens with zero attached hydrogens (tertiary/aromatic N) is 3. The van der Waals surface area contributed by atoms with Crippen molar-refractivity contribution in [3.8, 4) is 0 Å². The highest BCUT2D eigenvalue weighted by molar-refractivity contribution is 6.03. The number of aromatic nitrogens is 2. The minimum atomic E-state index is -0.394. The van der Waals surface area contributed by atoms with E-state index in [1.165, 1.54) is 0 Å². The first kappa shape index (κ1) is 9.70. The maximum atomic E-state index is 11.0. The molecule has 0 bridgehead atoms. The normalized spacial score (nSPS) is 20.6. The van der Waals surface area contributed by atoms with Gasteiger partial charge in [0.25, 0.3) is 0 Å². The lowest BCUT2D eigenvalue weighted by atomic mass is 10.2. The molecule has 1 aliphatic rings. The number of hydrogen-bond acceptors (Lipinski definition) is 3. The van der Waals surface area contributed by atoms with Crippen LogP contribution in [0.3, 0.4) is 0 Å². The molecule has 0 aromatic carbocycles. The summed E-state index contributed by atoms with van der Waals surface area (Å²) in [6, 6.07) is -0.468. The summed E-state index contributed by atoms with van der Waals surface area (Å²) in [7, 11) is 0. The first-order valence-electron chi connectivity index (χ1n) is 4.76. The van der Waals surface area contributed by atoms with E-state index in [9.17, 15) is 4.79 Å². The van der Waals surface area contributed by atoms with E-state index in [-0.39, 0.29) is 12.1 Å². The number of hydrogen-bond donors (Lipinski definition) is 2. The molecule has 3 N–H and O–H groups in total. The van der Waals surface area contributed by atoms with Crippen LogP contribution in [-0.2, 0) is 0 Å². The van der Waals surface area contributed by atoms with Gasteiger partial charge in [0.2, 0.25) is 0 Å². The Hall–Kier alpha value is -1.85. The lowest BCUT2D eigenvalue weighted by Crippen LogP contribution is -2.30. The van der Waals surface area contributed by atoms with Crippen molar-refractivity contribution < 1.29 is 4.79 Å². The molecule has 1 aromatic heterocycles. The van der Waals surface area contributed by atoms with Gasteiger partial charge >= 0.3 is 6.03 Å². The van der Waals surface area contributed by atoms with Gasteiger partial charge < -0.3 is 15.6 Å². The lowest BCUT2D eigenvalue weighted by Gasteiger charge is -2.16. The van der Waals surface area contributed by atoms with Crippen LogP contribution >= 0.6 is 0 Å². The average Bonchev–Trinajstić information content (AvgIpc) is 2.71. The van der Waals surface area contributed by atoms with Crippen LogP contribution in [0.2, 0.25) is 0 Å². The van der Waals surface area contributed by atoms with Crippen molar-refractivity contribution >= 4 is 11.9 Å². The molecule has 6 nitrogen and oxygen atoms in total. The van der Waals surface area contributed by atoms with Gasteiger partial charge in [-0.3, -0.25) is 0 Å². The molecule has 1 atom stereocenters. The standard InChI is InChI=1S/C9H13N5O/c1-5(2)14-4-11-3-6(14)7-8(10)13-9(15)12-7/h3-5,7H,1-2H3,(H3,10,12,13,15). The van der Waals surface area contributed by atoms with Crippen molar-refractivity contribution in [1.82, 2.24) is 14.9 Å². The third-order valence-corrected chi connectivity index (χ3v) is 2.34. The quantitative estimate of drug-likeness (QED) is 0.744. The molecule has 2 rings (SSSR count). The summed E-state index contributed by atoms with van der Waals surface area (Å²) in [5, 5.41) is 2.67. The molecular formula is C9H13N5O. The summed E-state index contributed by atoms with van der Waals surface area (Å²) in [5.74, 6) is 0.294. The summed E-state index contributed by atoms with van der Waals surface area (Å²) >= 11 is 0. The Bertz CT molecular complexity index is 420. The van der Waals surface area contributed by atoms with E-state index < -0.39 is 6.03 Å². The summed E-state index contributed by atoms with van der Waals surface area (Å²) < 4.78 is 1.96. The van der Waals surface area contributed by atoms with Gasteiger partial charge in [-0.25, -0.2) is 9.78 Å². The highest BCUT2D eigenvalue weighted by atomic mass is 16.2. The number of nitrogens with two attached hydrogens (primary N) is 1. The Morgan fingerprint density at radius 3 is 2.87 bits per heavy atom. The van der Waals surface area contributed by atoms with E-state index in [0.717, 1.165) is 5.69 Å². The van der Waals surface area contributed by atoms with E-state index in [4.69, 9.17) is 5.73 Å². The van der Waals surface area contributed by atoms with Crippen molar-refractivity contribution in [3.63, 3.8) is 0 Å². The van der Waals surface area contributed by atoms with Crippen molar-refractivity contribution in [1.29, 1.82) is 0 Å². The van der Waals surface area contributed by atoms with E-state index in [0.29, 0.717) is 5.84 Å². The smallest absolute Gasteiger partial charge is 0.343 e. The Morgan fingerprint density at radius 2 is 2.33 bits per heavy atom. The molecule has 2 heterocycles. The van der Waals surface area contributed by atoms with Gasteiger partial charge in [-0.15, -0.1) is 0 Å². The largest absolute Gasteiger partial charge is 0.385 e. The van der Waals surface area contributed by atoms with Crippen LogP contribution < -0.4 is 11.1 Å². The van der Waals surface area contributed by atoms with E-state index in [1.54, 1.807) is 12.5 Å². The first-order valence-corrected chi connectivity index (χ1v) is 4.76. The molecule has 0 saturated carbocycles. The number of amides is 2. The third-order valence-electron chi connectivity index (χ3n) is 2.34. The number of aliphatic imine (C=N–C) groups is 1. The Kier molecular flexibility index (Phi) is 2.18. The molecular weight excluding hydrogens is 194 g/mol. The van der Waals surface area contributed by atoms with Gasteiger partial charge in [-0.2, -0.15) is 4.99 Å². The highest BCUT2D eigenvalue weighted by Gasteiger charge is 2.28. The zero-order valence-electron chi connectivity index (χ0n) is 8.64. The monoisotopic (exact) mass is 207 g/mol. The molecule has 1 aliphatic heterocycles. The molecule has 0 aliphatic carbocycles. The number of rotatable bonds is 2. The number of carbonyl (C=O) groups excluding carboxylic acids is 1. The van der Waals surface area contributed by atoms with Gasteiger partial charge in [-0.1, -0.05) is 0 Å². The fourth-order valence-electron chi connectivity index (χ4n) is 1.61. The van der Waals surface area contributed by atoms with Gasteiger partial charge in [0.05, 0.1) is 18.2 Å². The molecule has 0 fully saturated rings. The first-order chi connectivity index (χ1) is 7.09. The van der Waals surface area contributed by atoms with E-state index >= 15 is 0 Å². The lowest BCUT2D eigenvalue weighted by molar-refractivity contribution is 0.250. The summed E-state index contributed by atoms with van der Waals surface area (Å²) in [4.78, 5) is 18.7. The predicted molar refractivity (Wildman–Crippen MR) is 55.5 cm³/mol. The maximum absolute atomic E-state index is 11.0. The second-order valence-corrected chi connectivity index (χ2v) is 3.74. The van der Waals surface area contributed by atoms with Crippen LogP contribution in [-0.4, -0.2) is 21.4 Å². The Balaban J connectivity index is 2.35. The van der Waals surface area contributed by atoms with Crippen molar-refractivity contribution in [3.05, 3.63) is 18.2 Å². The molecule has 80 valence electrons. The van der Waals surface area contributed by atoms with Gasteiger partial charge in [0.1, 0.15) is 11.9 Å². The van der Waals surface area contributed by atoms with Crippen molar-refractivity contribution in [2.24, 2.45) is 10.7 Å². The summed E-state index contributed by atoms with van der Waals surface area (Å²) in [5.41, 5.74) is 6.51. The number of amidine groups is 1. The Morgan fingerprint density at radius 1 is 1.60 bits per heavy atom. The summed E-state index contributed by atoms with van der Waals surface area (Å²) in [6.07, 6.45) is 3.41. The molecule has 6 heteroatoms.